The van der Waals surface area contributed by atoms with E-state index in [1.54, 1.807) is 12.1 Å². The molecule has 0 saturated carbocycles. The molecule has 0 bridgehead atoms. The molecule has 26 heavy (non-hydrogen) atoms. The Morgan fingerprint density at radius 1 is 1.12 bits per heavy atom. The van der Waals surface area contributed by atoms with Crippen LogP contribution in [0.3, 0.4) is 0 Å². The lowest BCUT2D eigenvalue weighted by atomic mass is 9.79. The topological polar surface area (TPSA) is 36.7 Å². The smallest absolute Gasteiger partial charge is 0.257 e. The van der Waals surface area contributed by atoms with Gasteiger partial charge in [-0.05, 0) is 49.6 Å². The van der Waals surface area contributed by atoms with Gasteiger partial charge < -0.3 is 9.32 Å². The Bertz CT molecular complexity index is 793. The standard InChI is InChI=1S/C20H22F2N2O2/c21-17-3-2-15(10-18(17)22)11-23-7-1-5-20(13-23)6-8-24(14-20)19(25)16-4-9-26-12-16/h2-4,9-10,12H,1,5-8,11,13-14H2/t20-/m0/s1. The highest BCUT2D eigenvalue weighted by Gasteiger charge is 2.42. The first kappa shape index (κ1) is 17.2. The van der Waals surface area contributed by atoms with Crippen molar-refractivity contribution < 1.29 is 18.0 Å². The van der Waals surface area contributed by atoms with Crippen LogP contribution in [0, 0.1) is 17.0 Å². The van der Waals surface area contributed by atoms with Crippen LogP contribution in [0.4, 0.5) is 8.78 Å². The van der Waals surface area contributed by atoms with E-state index in [0.717, 1.165) is 51.0 Å². The third-order valence-electron chi connectivity index (χ3n) is 5.62. The van der Waals surface area contributed by atoms with Gasteiger partial charge in [0.15, 0.2) is 11.6 Å². The molecular weight excluding hydrogens is 338 g/mol. The minimum atomic E-state index is -0.812. The number of rotatable bonds is 3. The lowest BCUT2D eigenvalue weighted by molar-refractivity contribution is 0.0674. The number of benzene rings is 1. The van der Waals surface area contributed by atoms with Gasteiger partial charge in [0.25, 0.3) is 5.91 Å². The second-order valence-corrected chi connectivity index (χ2v) is 7.55. The summed E-state index contributed by atoms with van der Waals surface area (Å²) < 4.78 is 31.6. The Balaban J connectivity index is 1.41. The number of carbonyl (C=O) groups excluding carboxylic acids is 1. The SMILES string of the molecule is O=C(c1ccoc1)N1CC[C@]2(CCCN(Cc3ccc(F)c(F)c3)C2)C1. The molecule has 1 aromatic carbocycles. The summed E-state index contributed by atoms with van der Waals surface area (Å²) in [6, 6.07) is 5.80. The van der Waals surface area contributed by atoms with Crippen LogP contribution in [-0.2, 0) is 6.54 Å². The van der Waals surface area contributed by atoms with E-state index in [0.29, 0.717) is 12.1 Å². The number of piperidine rings is 1. The van der Waals surface area contributed by atoms with Crippen LogP contribution >= 0.6 is 0 Å². The van der Waals surface area contributed by atoms with Gasteiger partial charge in [0.2, 0.25) is 0 Å². The number of carbonyl (C=O) groups is 1. The van der Waals surface area contributed by atoms with Crippen LogP contribution in [0.1, 0.15) is 35.2 Å². The van der Waals surface area contributed by atoms with E-state index in [4.69, 9.17) is 4.42 Å². The summed E-state index contributed by atoms with van der Waals surface area (Å²) in [6.07, 6.45) is 6.13. The van der Waals surface area contributed by atoms with Gasteiger partial charge in [0.05, 0.1) is 11.8 Å². The van der Waals surface area contributed by atoms with Gasteiger partial charge in [-0.3, -0.25) is 9.69 Å². The molecule has 3 heterocycles. The third kappa shape index (κ3) is 3.38. The molecule has 2 fully saturated rings. The van der Waals surface area contributed by atoms with Crippen LogP contribution in [0.5, 0.6) is 0 Å². The molecule has 1 atom stereocenters. The van der Waals surface area contributed by atoms with Gasteiger partial charge >= 0.3 is 0 Å². The zero-order valence-electron chi connectivity index (χ0n) is 14.6. The van der Waals surface area contributed by atoms with Gasteiger partial charge in [0.1, 0.15) is 6.26 Å². The zero-order valence-corrected chi connectivity index (χ0v) is 14.6. The molecule has 4 rings (SSSR count). The summed E-state index contributed by atoms with van der Waals surface area (Å²) >= 11 is 0. The number of hydrogen-bond donors (Lipinski definition) is 0. The van der Waals surface area contributed by atoms with Gasteiger partial charge in [-0.2, -0.15) is 0 Å². The largest absolute Gasteiger partial charge is 0.472 e. The van der Waals surface area contributed by atoms with E-state index >= 15 is 0 Å². The van der Waals surface area contributed by atoms with Crippen molar-refractivity contribution in [3.63, 3.8) is 0 Å². The van der Waals surface area contributed by atoms with Gasteiger partial charge in [-0.15, -0.1) is 0 Å². The predicted octanol–water partition coefficient (Wildman–Crippen LogP) is 3.69. The maximum Gasteiger partial charge on any atom is 0.257 e. The predicted molar refractivity (Wildman–Crippen MR) is 92.5 cm³/mol. The van der Waals surface area contributed by atoms with Crippen molar-refractivity contribution in [3.8, 4) is 0 Å². The Kier molecular flexibility index (Phi) is 4.53. The number of hydrogen-bond acceptors (Lipinski definition) is 3. The molecule has 0 radical (unpaired) electrons. The Hall–Kier alpha value is -2.21. The summed E-state index contributed by atoms with van der Waals surface area (Å²) in [5.74, 6) is -1.59. The first-order chi connectivity index (χ1) is 12.5. The van der Waals surface area contributed by atoms with Crippen molar-refractivity contribution in [2.75, 3.05) is 26.2 Å². The van der Waals surface area contributed by atoms with Crippen LogP contribution in [0.2, 0.25) is 0 Å². The highest BCUT2D eigenvalue weighted by Crippen LogP contribution is 2.39. The first-order valence-electron chi connectivity index (χ1n) is 9.02. The minimum absolute atomic E-state index is 0.0216. The Labute approximate surface area is 151 Å². The molecule has 2 aromatic rings. The molecule has 0 aliphatic carbocycles. The van der Waals surface area contributed by atoms with Crippen molar-refractivity contribution in [2.45, 2.75) is 25.8 Å². The van der Waals surface area contributed by atoms with Crippen molar-refractivity contribution in [3.05, 3.63) is 59.6 Å². The second kappa shape index (κ2) is 6.83. The highest BCUT2D eigenvalue weighted by molar-refractivity contribution is 5.94. The lowest BCUT2D eigenvalue weighted by Crippen LogP contribution is -2.45. The van der Waals surface area contributed by atoms with Crippen molar-refractivity contribution in [2.24, 2.45) is 5.41 Å². The van der Waals surface area contributed by atoms with Gasteiger partial charge in [0, 0.05) is 31.6 Å². The van der Waals surface area contributed by atoms with Crippen LogP contribution < -0.4 is 0 Å². The maximum absolute atomic E-state index is 13.5. The number of likely N-dealkylation sites (tertiary alicyclic amines) is 2. The summed E-state index contributed by atoms with van der Waals surface area (Å²) in [5.41, 5.74) is 1.47. The fourth-order valence-electron chi connectivity index (χ4n) is 4.35. The van der Waals surface area contributed by atoms with E-state index in [2.05, 4.69) is 4.90 Å². The number of nitrogens with zero attached hydrogens (tertiary/aromatic N) is 2. The fourth-order valence-corrected chi connectivity index (χ4v) is 4.35. The summed E-state index contributed by atoms with van der Waals surface area (Å²) in [4.78, 5) is 16.8. The molecule has 6 heteroatoms. The van der Waals surface area contributed by atoms with E-state index < -0.39 is 11.6 Å². The molecule has 138 valence electrons. The molecule has 2 saturated heterocycles. The molecule has 0 N–H and O–H groups in total. The average molecular weight is 360 g/mol. The summed E-state index contributed by atoms with van der Waals surface area (Å²) in [5, 5.41) is 0. The normalized spacial score (nSPS) is 23.7. The third-order valence-corrected chi connectivity index (χ3v) is 5.62. The van der Waals surface area contributed by atoms with Crippen LogP contribution in [0.25, 0.3) is 0 Å². The molecule has 0 unspecified atom stereocenters. The van der Waals surface area contributed by atoms with Crippen LogP contribution in [0.15, 0.2) is 41.2 Å². The molecule has 4 nitrogen and oxygen atoms in total. The van der Waals surface area contributed by atoms with E-state index in [1.165, 1.54) is 24.7 Å². The molecule has 2 aliphatic heterocycles. The monoisotopic (exact) mass is 360 g/mol. The number of furan rings is 1. The van der Waals surface area contributed by atoms with Crippen molar-refractivity contribution >= 4 is 5.91 Å². The molecule has 1 amide bonds. The average Bonchev–Trinajstić information content (AvgIpc) is 3.28. The molecule has 2 aliphatic rings. The fraction of sp³-hybridized carbons (Fsp3) is 0.450. The van der Waals surface area contributed by atoms with E-state index in [9.17, 15) is 13.6 Å². The van der Waals surface area contributed by atoms with Gasteiger partial charge in [-0.1, -0.05) is 6.07 Å². The van der Waals surface area contributed by atoms with E-state index in [1.807, 2.05) is 4.90 Å². The van der Waals surface area contributed by atoms with Gasteiger partial charge in [-0.25, -0.2) is 8.78 Å². The second-order valence-electron chi connectivity index (χ2n) is 7.55. The Morgan fingerprint density at radius 2 is 2.00 bits per heavy atom. The van der Waals surface area contributed by atoms with Crippen molar-refractivity contribution in [1.29, 1.82) is 0 Å². The zero-order chi connectivity index (χ0) is 18.1. The minimum Gasteiger partial charge on any atom is -0.472 e. The molecule has 1 aromatic heterocycles. The number of amides is 1. The maximum atomic E-state index is 13.5. The molecule has 1 spiro atoms. The Morgan fingerprint density at radius 3 is 2.77 bits per heavy atom. The van der Waals surface area contributed by atoms with Crippen LogP contribution in [-0.4, -0.2) is 41.9 Å². The van der Waals surface area contributed by atoms with Crippen molar-refractivity contribution in [1.82, 2.24) is 9.80 Å². The summed E-state index contributed by atoms with van der Waals surface area (Å²) in [7, 11) is 0. The summed E-state index contributed by atoms with van der Waals surface area (Å²) in [6.45, 7) is 3.92. The van der Waals surface area contributed by atoms with E-state index in [-0.39, 0.29) is 11.3 Å². The first-order valence-corrected chi connectivity index (χ1v) is 9.02. The quantitative estimate of drug-likeness (QED) is 0.838. The molecular formula is C20H22F2N2O2. The highest BCUT2D eigenvalue weighted by atomic mass is 19.2. The number of halogens is 2. The lowest BCUT2D eigenvalue weighted by Gasteiger charge is -2.40.